The van der Waals surface area contributed by atoms with Gasteiger partial charge in [-0.15, -0.1) is 11.3 Å². The summed E-state index contributed by atoms with van der Waals surface area (Å²) >= 11 is 1.61. The number of hydrogen-bond donors (Lipinski definition) is 0. The highest BCUT2D eigenvalue weighted by Gasteiger charge is 2.28. The van der Waals surface area contributed by atoms with Gasteiger partial charge in [-0.25, -0.2) is 0 Å². The van der Waals surface area contributed by atoms with Crippen molar-refractivity contribution in [3.8, 4) is 10.7 Å². The van der Waals surface area contributed by atoms with Crippen molar-refractivity contribution in [2.24, 2.45) is 0 Å². The highest BCUT2D eigenvalue weighted by molar-refractivity contribution is 7.13. The maximum absolute atomic E-state index is 5.86. The largest absolute Gasteiger partial charge is 0.374 e. The highest BCUT2D eigenvalue weighted by Crippen LogP contribution is 2.26. The number of ether oxygens (including phenoxy) is 1. The van der Waals surface area contributed by atoms with Crippen LogP contribution >= 0.6 is 11.3 Å². The molecular formula is C16H19N5O2S. The first kappa shape index (κ1) is 15.5. The Morgan fingerprint density at radius 1 is 1.42 bits per heavy atom. The van der Waals surface area contributed by atoms with Crippen LogP contribution in [0.3, 0.4) is 0 Å². The molecular weight excluding hydrogens is 326 g/mol. The van der Waals surface area contributed by atoms with E-state index < -0.39 is 0 Å². The average molecular weight is 345 g/mol. The third-order valence-corrected chi connectivity index (χ3v) is 5.07. The van der Waals surface area contributed by atoms with Crippen molar-refractivity contribution < 1.29 is 9.26 Å². The molecule has 4 rings (SSSR count). The summed E-state index contributed by atoms with van der Waals surface area (Å²) in [7, 11) is 0. The molecule has 2 atom stereocenters. The minimum absolute atomic E-state index is 0.0650. The molecule has 0 amide bonds. The van der Waals surface area contributed by atoms with Gasteiger partial charge < -0.3 is 9.26 Å². The lowest BCUT2D eigenvalue weighted by Gasteiger charge is -2.35. The van der Waals surface area contributed by atoms with Crippen molar-refractivity contribution in [1.29, 1.82) is 0 Å². The van der Waals surface area contributed by atoms with Crippen molar-refractivity contribution in [2.75, 3.05) is 19.7 Å². The van der Waals surface area contributed by atoms with Gasteiger partial charge in [-0.3, -0.25) is 9.58 Å². The van der Waals surface area contributed by atoms with Crippen LogP contribution in [-0.4, -0.2) is 50.6 Å². The topological polar surface area (TPSA) is 69.2 Å². The van der Waals surface area contributed by atoms with E-state index >= 15 is 0 Å². The number of morpholine rings is 1. The van der Waals surface area contributed by atoms with Crippen LogP contribution < -0.4 is 0 Å². The maximum atomic E-state index is 5.86. The van der Waals surface area contributed by atoms with E-state index in [-0.39, 0.29) is 12.1 Å². The molecule has 126 valence electrons. The Morgan fingerprint density at radius 3 is 3.17 bits per heavy atom. The van der Waals surface area contributed by atoms with E-state index in [0.717, 1.165) is 24.5 Å². The second-order valence-electron chi connectivity index (χ2n) is 5.83. The van der Waals surface area contributed by atoms with Gasteiger partial charge in [-0.2, -0.15) is 10.1 Å². The molecule has 0 N–H and O–H groups in total. The predicted molar refractivity (Wildman–Crippen MR) is 89.6 cm³/mol. The molecule has 1 aliphatic heterocycles. The Hall–Kier alpha value is -2.03. The molecule has 1 fully saturated rings. The molecule has 0 bridgehead atoms. The van der Waals surface area contributed by atoms with Crippen LogP contribution in [0.4, 0.5) is 0 Å². The normalized spacial score (nSPS) is 20.3. The summed E-state index contributed by atoms with van der Waals surface area (Å²) in [6.07, 6.45) is 3.85. The van der Waals surface area contributed by atoms with E-state index in [1.54, 1.807) is 17.5 Å². The van der Waals surface area contributed by atoms with Gasteiger partial charge in [0.15, 0.2) is 0 Å². The van der Waals surface area contributed by atoms with E-state index in [1.165, 1.54) is 0 Å². The van der Waals surface area contributed by atoms with E-state index in [4.69, 9.17) is 9.26 Å². The van der Waals surface area contributed by atoms with Gasteiger partial charge in [0.25, 0.3) is 0 Å². The van der Waals surface area contributed by atoms with Crippen LogP contribution in [0.1, 0.15) is 18.9 Å². The Labute approximate surface area is 143 Å². The Morgan fingerprint density at radius 2 is 2.38 bits per heavy atom. The monoisotopic (exact) mass is 345 g/mol. The second-order valence-corrected chi connectivity index (χ2v) is 6.77. The fourth-order valence-electron chi connectivity index (χ4n) is 2.89. The van der Waals surface area contributed by atoms with Crippen LogP contribution in [0.15, 0.2) is 40.5 Å². The van der Waals surface area contributed by atoms with Crippen LogP contribution in [0, 0.1) is 0 Å². The van der Waals surface area contributed by atoms with Gasteiger partial charge in [0.05, 0.1) is 30.2 Å². The Bertz CT molecular complexity index is 755. The zero-order valence-electron chi connectivity index (χ0n) is 13.4. The van der Waals surface area contributed by atoms with Crippen molar-refractivity contribution >= 4 is 11.3 Å². The first-order valence-electron chi connectivity index (χ1n) is 8.00. The third-order valence-electron chi connectivity index (χ3n) is 4.21. The van der Waals surface area contributed by atoms with Crippen LogP contribution in [-0.2, 0) is 11.3 Å². The van der Waals surface area contributed by atoms with Crippen molar-refractivity contribution in [3.63, 3.8) is 0 Å². The molecule has 4 heterocycles. The van der Waals surface area contributed by atoms with Crippen LogP contribution in [0.5, 0.6) is 0 Å². The fourth-order valence-corrected chi connectivity index (χ4v) is 3.54. The molecule has 0 radical (unpaired) electrons. The Kier molecular flexibility index (Phi) is 4.42. The predicted octanol–water partition coefficient (Wildman–Crippen LogP) is 2.46. The molecule has 0 aliphatic carbocycles. The lowest BCUT2D eigenvalue weighted by atomic mass is 10.2. The van der Waals surface area contributed by atoms with E-state index in [9.17, 15) is 0 Å². The number of hydrogen-bond acceptors (Lipinski definition) is 7. The smallest absolute Gasteiger partial charge is 0.244 e. The molecule has 7 nitrogen and oxygen atoms in total. The van der Waals surface area contributed by atoms with Gasteiger partial charge in [0.1, 0.15) is 0 Å². The fraction of sp³-hybridized carbons (Fsp3) is 0.438. The zero-order chi connectivity index (χ0) is 16.4. The molecule has 24 heavy (non-hydrogen) atoms. The summed E-state index contributed by atoms with van der Waals surface area (Å²) in [5.41, 5.74) is 0. The lowest BCUT2D eigenvalue weighted by Crippen LogP contribution is -2.45. The van der Waals surface area contributed by atoms with Gasteiger partial charge in [-0.1, -0.05) is 11.2 Å². The second kappa shape index (κ2) is 6.84. The summed E-state index contributed by atoms with van der Waals surface area (Å²) in [6, 6.07) is 5.98. The SMILES string of the molecule is C[C@@H](c1nc(-c2cccs2)no1)N1CCO[C@@H](Cn2cccn2)C1. The van der Waals surface area contributed by atoms with Crippen molar-refractivity contribution in [3.05, 3.63) is 41.9 Å². The quantitative estimate of drug-likeness (QED) is 0.707. The highest BCUT2D eigenvalue weighted by atomic mass is 32.1. The summed E-state index contributed by atoms with van der Waals surface area (Å²) in [4.78, 5) is 7.91. The molecule has 1 aliphatic rings. The van der Waals surface area contributed by atoms with E-state index in [2.05, 4.69) is 27.1 Å². The molecule has 0 saturated carbocycles. The minimum Gasteiger partial charge on any atom is -0.374 e. The summed E-state index contributed by atoms with van der Waals surface area (Å²) in [5, 5.41) is 10.4. The maximum Gasteiger partial charge on any atom is 0.244 e. The summed E-state index contributed by atoms with van der Waals surface area (Å²) < 4.78 is 13.3. The van der Waals surface area contributed by atoms with Crippen LogP contribution in [0.25, 0.3) is 10.7 Å². The van der Waals surface area contributed by atoms with Crippen LogP contribution in [0.2, 0.25) is 0 Å². The lowest BCUT2D eigenvalue weighted by molar-refractivity contribution is -0.0532. The molecule has 1 saturated heterocycles. The van der Waals surface area contributed by atoms with Gasteiger partial charge in [0, 0.05) is 25.5 Å². The van der Waals surface area contributed by atoms with E-state index in [1.807, 2.05) is 34.5 Å². The number of thiophene rings is 1. The van der Waals surface area contributed by atoms with Gasteiger partial charge in [-0.05, 0) is 24.4 Å². The van der Waals surface area contributed by atoms with E-state index in [0.29, 0.717) is 18.3 Å². The number of aromatic nitrogens is 4. The first-order chi connectivity index (χ1) is 11.8. The zero-order valence-corrected chi connectivity index (χ0v) is 14.2. The summed E-state index contributed by atoms with van der Waals surface area (Å²) in [6.45, 7) is 5.22. The van der Waals surface area contributed by atoms with Gasteiger partial charge in [0.2, 0.25) is 11.7 Å². The number of rotatable bonds is 5. The minimum atomic E-state index is 0.0650. The first-order valence-corrected chi connectivity index (χ1v) is 8.88. The molecule has 0 aromatic carbocycles. The standard InChI is InChI=1S/C16H19N5O2S/c1-12(16-18-15(19-23-16)14-4-2-9-24-14)20-7-8-22-13(10-20)11-21-6-3-5-17-21/h2-6,9,12-13H,7-8,10-11H2,1H3/t12-,13+/m0/s1. The molecule has 0 unspecified atom stereocenters. The molecule has 8 heteroatoms. The summed E-state index contributed by atoms with van der Waals surface area (Å²) in [5.74, 6) is 1.31. The van der Waals surface area contributed by atoms with Gasteiger partial charge >= 0.3 is 0 Å². The molecule has 0 spiro atoms. The average Bonchev–Trinajstić information content (AvgIpc) is 3.35. The Balaban J connectivity index is 1.43. The van der Waals surface area contributed by atoms with Crippen molar-refractivity contribution in [2.45, 2.75) is 25.6 Å². The van der Waals surface area contributed by atoms with Crippen molar-refractivity contribution in [1.82, 2.24) is 24.8 Å². The molecule has 3 aromatic rings. The number of nitrogens with zero attached hydrogens (tertiary/aromatic N) is 5. The molecule has 3 aromatic heterocycles. The third kappa shape index (κ3) is 3.26.